The van der Waals surface area contributed by atoms with Crippen LogP contribution >= 0.6 is 0 Å². The van der Waals surface area contributed by atoms with Crippen molar-refractivity contribution in [2.75, 3.05) is 0 Å². The van der Waals surface area contributed by atoms with Crippen LogP contribution in [-0.4, -0.2) is 9.55 Å². The fraction of sp³-hybridized carbons (Fsp3) is 0. The number of rotatable bonds is 2. The lowest BCUT2D eigenvalue weighted by molar-refractivity contribution is 1.18. The number of hydrogen-bond donors (Lipinski definition) is 0. The first-order valence-corrected chi connectivity index (χ1v) is 11.2. The highest BCUT2D eigenvalue weighted by Gasteiger charge is 2.17. The molecule has 5 aromatic carbocycles. The quantitative estimate of drug-likeness (QED) is 0.258. The van der Waals surface area contributed by atoms with E-state index in [4.69, 9.17) is 4.98 Å². The van der Waals surface area contributed by atoms with Crippen LogP contribution in [0.1, 0.15) is 0 Å². The third kappa shape index (κ3) is 2.71. The standard InChI is InChI=1S/C31H20N2/c1-3-11-21(12-4-1)31-27-20-30-26(19-25(27)23-15-7-9-17-28(23)32-31)24-16-8-10-18-29(24)33(30)22-13-5-2-6-14-22/h1-20H. The van der Waals surface area contributed by atoms with Gasteiger partial charge >= 0.3 is 0 Å². The molecule has 7 aromatic rings. The van der Waals surface area contributed by atoms with Gasteiger partial charge in [-0.3, -0.25) is 0 Å². The van der Waals surface area contributed by atoms with Crippen molar-refractivity contribution in [1.82, 2.24) is 9.55 Å². The Labute approximate surface area is 191 Å². The summed E-state index contributed by atoms with van der Waals surface area (Å²) in [4.78, 5) is 5.13. The summed E-state index contributed by atoms with van der Waals surface area (Å²) in [6.07, 6.45) is 0. The summed E-state index contributed by atoms with van der Waals surface area (Å²) < 4.78 is 2.37. The van der Waals surface area contributed by atoms with Crippen LogP contribution in [0.2, 0.25) is 0 Å². The molecule has 2 nitrogen and oxygen atoms in total. The molecule has 7 rings (SSSR count). The molecule has 33 heavy (non-hydrogen) atoms. The molecule has 0 fully saturated rings. The third-order valence-corrected chi connectivity index (χ3v) is 6.56. The number of nitrogens with zero attached hydrogens (tertiary/aromatic N) is 2. The third-order valence-electron chi connectivity index (χ3n) is 6.56. The van der Waals surface area contributed by atoms with Crippen molar-refractivity contribution < 1.29 is 0 Å². The topological polar surface area (TPSA) is 17.8 Å². The molecular weight excluding hydrogens is 400 g/mol. The summed E-state index contributed by atoms with van der Waals surface area (Å²) in [7, 11) is 0. The maximum Gasteiger partial charge on any atom is 0.0788 e. The minimum Gasteiger partial charge on any atom is -0.309 e. The number of benzene rings is 5. The minimum atomic E-state index is 1.02. The lowest BCUT2D eigenvalue weighted by Gasteiger charge is -2.12. The van der Waals surface area contributed by atoms with E-state index < -0.39 is 0 Å². The van der Waals surface area contributed by atoms with Crippen LogP contribution < -0.4 is 0 Å². The lowest BCUT2D eigenvalue weighted by Crippen LogP contribution is -1.94. The van der Waals surface area contributed by atoms with Crippen LogP contribution in [0, 0.1) is 0 Å². The van der Waals surface area contributed by atoms with Gasteiger partial charge in [0.1, 0.15) is 0 Å². The molecule has 2 heteroatoms. The Morgan fingerprint density at radius 1 is 0.455 bits per heavy atom. The van der Waals surface area contributed by atoms with Gasteiger partial charge in [-0.15, -0.1) is 0 Å². The van der Waals surface area contributed by atoms with E-state index in [0.29, 0.717) is 0 Å². The van der Waals surface area contributed by atoms with Gasteiger partial charge in [-0.25, -0.2) is 4.98 Å². The zero-order chi connectivity index (χ0) is 21.8. The molecule has 2 aromatic heterocycles. The number of fused-ring (bicyclic) bond motifs is 6. The van der Waals surface area contributed by atoms with E-state index in [9.17, 15) is 0 Å². The smallest absolute Gasteiger partial charge is 0.0788 e. The summed E-state index contributed by atoms with van der Waals surface area (Å²) in [6, 6.07) is 43.0. The second-order valence-electron chi connectivity index (χ2n) is 8.45. The van der Waals surface area contributed by atoms with Crippen molar-refractivity contribution in [1.29, 1.82) is 0 Å². The van der Waals surface area contributed by atoms with E-state index in [1.165, 1.54) is 38.0 Å². The Bertz CT molecular complexity index is 1800. The highest BCUT2D eigenvalue weighted by molar-refractivity contribution is 6.20. The maximum atomic E-state index is 5.13. The molecule has 0 bridgehead atoms. The second kappa shape index (κ2) is 7.04. The van der Waals surface area contributed by atoms with Gasteiger partial charge < -0.3 is 4.57 Å². The van der Waals surface area contributed by atoms with Gasteiger partial charge in [0, 0.05) is 32.8 Å². The maximum absolute atomic E-state index is 5.13. The van der Waals surface area contributed by atoms with Crippen molar-refractivity contribution in [2.45, 2.75) is 0 Å². The van der Waals surface area contributed by atoms with Crippen molar-refractivity contribution in [3.63, 3.8) is 0 Å². The molecule has 0 aliphatic rings. The highest BCUT2D eigenvalue weighted by Crippen LogP contribution is 2.39. The van der Waals surface area contributed by atoms with E-state index in [2.05, 4.69) is 126 Å². The number of aromatic nitrogens is 2. The SMILES string of the molecule is c1ccc(-c2nc3ccccc3c3cc4c5ccccc5n(-c5ccccc5)c4cc23)cc1. The van der Waals surface area contributed by atoms with E-state index in [1.54, 1.807) is 0 Å². The van der Waals surface area contributed by atoms with Gasteiger partial charge in [0.2, 0.25) is 0 Å². The summed E-state index contributed by atoms with van der Waals surface area (Å²) in [5.41, 5.74) is 6.76. The fourth-order valence-corrected chi connectivity index (χ4v) is 5.08. The van der Waals surface area contributed by atoms with Crippen LogP contribution in [-0.2, 0) is 0 Å². The van der Waals surface area contributed by atoms with Gasteiger partial charge in [-0.05, 0) is 41.8 Å². The molecule has 154 valence electrons. The van der Waals surface area contributed by atoms with Gasteiger partial charge in [0.05, 0.1) is 22.2 Å². The first kappa shape index (κ1) is 18.2. The summed E-state index contributed by atoms with van der Waals surface area (Å²) >= 11 is 0. The van der Waals surface area contributed by atoms with E-state index in [0.717, 1.165) is 22.5 Å². The van der Waals surface area contributed by atoms with Gasteiger partial charge in [0.25, 0.3) is 0 Å². The Hall–Kier alpha value is -4.43. The van der Waals surface area contributed by atoms with Gasteiger partial charge in [0.15, 0.2) is 0 Å². The average molecular weight is 421 g/mol. The minimum absolute atomic E-state index is 1.02. The molecule has 0 amide bonds. The molecule has 0 N–H and O–H groups in total. The predicted octanol–water partition coefficient (Wildman–Crippen LogP) is 8.15. The van der Waals surface area contributed by atoms with Crippen LogP contribution in [0.25, 0.3) is 60.4 Å². The molecule has 2 heterocycles. The molecule has 0 atom stereocenters. The molecule has 0 spiro atoms. The molecule has 0 unspecified atom stereocenters. The Morgan fingerprint density at radius 2 is 1.12 bits per heavy atom. The Kier molecular flexibility index (Phi) is 3.88. The van der Waals surface area contributed by atoms with Crippen LogP contribution in [0.5, 0.6) is 0 Å². The van der Waals surface area contributed by atoms with Crippen molar-refractivity contribution in [3.05, 3.63) is 121 Å². The number of para-hydroxylation sites is 3. The van der Waals surface area contributed by atoms with Crippen LogP contribution in [0.3, 0.4) is 0 Å². The van der Waals surface area contributed by atoms with Crippen molar-refractivity contribution in [2.24, 2.45) is 0 Å². The first-order valence-electron chi connectivity index (χ1n) is 11.2. The van der Waals surface area contributed by atoms with Gasteiger partial charge in [-0.2, -0.15) is 0 Å². The van der Waals surface area contributed by atoms with Gasteiger partial charge in [-0.1, -0.05) is 84.9 Å². The number of hydrogen-bond acceptors (Lipinski definition) is 1. The summed E-state index contributed by atoms with van der Waals surface area (Å²) in [6.45, 7) is 0. The molecule has 0 saturated carbocycles. The largest absolute Gasteiger partial charge is 0.309 e. The van der Waals surface area contributed by atoms with E-state index in [1.807, 2.05) is 0 Å². The van der Waals surface area contributed by atoms with Crippen molar-refractivity contribution in [3.8, 4) is 16.9 Å². The molecule has 0 aliphatic heterocycles. The number of pyridine rings is 1. The van der Waals surface area contributed by atoms with E-state index >= 15 is 0 Å². The molecular formula is C31H20N2. The zero-order valence-electron chi connectivity index (χ0n) is 17.9. The predicted molar refractivity (Wildman–Crippen MR) is 139 cm³/mol. The zero-order valence-corrected chi connectivity index (χ0v) is 17.9. The van der Waals surface area contributed by atoms with E-state index in [-0.39, 0.29) is 0 Å². The molecule has 0 aliphatic carbocycles. The molecule has 0 radical (unpaired) electrons. The average Bonchev–Trinajstić information content (AvgIpc) is 3.21. The normalized spacial score (nSPS) is 11.6. The lowest BCUT2D eigenvalue weighted by atomic mass is 9.98. The van der Waals surface area contributed by atoms with Crippen molar-refractivity contribution >= 4 is 43.5 Å². The van der Waals surface area contributed by atoms with Crippen LogP contribution in [0.4, 0.5) is 0 Å². The first-order chi connectivity index (χ1) is 16.4. The fourth-order valence-electron chi connectivity index (χ4n) is 5.08. The molecule has 0 saturated heterocycles. The second-order valence-corrected chi connectivity index (χ2v) is 8.45. The van der Waals surface area contributed by atoms with Crippen LogP contribution in [0.15, 0.2) is 121 Å². The highest BCUT2D eigenvalue weighted by atomic mass is 15.0. The Morgan fingerprint density at radius 3 is 1.94 bits per heavy atom. The summed E-state index contributed by atoms with van der Waals surface area (Å²) in [5.74, 6) is 0. The summed E-state index contributed by atoms with van der Waals surface area (Å²) in [5, 5.41) is 6.12. The monoisotopic (exact) mass is 420 g/mol. The Balaban J connectivity index is 1.71.